The molecule has 0 fully saturated rings. The Hall–Kier alpha value is -2.00. The Labute approximate surface area is 179 Å². The number of carbonyl (C=O) groups excluding carboxylic acids is 1. The molecule has 0 aliphatic carbocycles. The third-order valence-corrected chi connectivity index (χ3v) is 6.28. The SMILES string of the molecule is CCOC(=O)C[C@@H](NS(=O)(=O)c1ccc(Cl)c(Cl)c1OC)c1ccc(OC)cc1. The van der Waals surface area contributed by atoms with Crippen molar-refractivity contribution in [3.63, 3.8) is 0 Å². The summed E-state index contributed by atoms with van der Waals surface area (Å²) >= 11 is 12.0. The molecule has 0 heterocycles. The van der Waals surface area contributed by atoms with Gasteiger partial charge in [0.05, 0.1) is 38.3 Å². The van der Waals surface area contributed by atoms with Crippen LogP contribution >= 0.6 is 23.2 Å². The van der Waals surface area contributed by atoms with Crippen LogP contribution in [0.5, 0.6) is 11.5 Å². The molecular weight excluding hydrogens is 441 g/mol. The van der Waals surface area contributed by atoms with Crippen LogP contribution < -0.4 is 14.2 Å². The molecule has 0 unspecified atom stereocenters. The molecule has 2 aromatic carbocycles. The number of halogens is 2. The highest BCUT2D eigenvalue weighted by Gasteiger charge is 2.28. The van der Waals surface area contributed by atoms with Crippen molar-refractivity contribution in [3.05, 3.63) is 52.0 Å². The third kappa shape index (κ3) is 5.76. The van der Waals surface area contributed by atoms with Gasteiger partial charge in [-0.05, 0) is 36.8 Å². The number of methoxy groups -OCH3 is 2. The average Bonchev–Trinajstić information content (AvgIpc) is 2.69. The van der Waals surface area contributed by atoms with Crippen LogP contribution in [0, 0.1) is 0 Å². The van der Waals surface area contributed by atoms with E-state index in [4.69, 9.17) is 37.4 Å². The summed E-state index contributed by atoms with van der Waals surface area (Å²) < 4.78 is 43.9. The normalized spacial score (nSPS) is 12.3. The number of carbonyl (C=O) groups is 1. The molecule has 7 nitrogen and oxygen atoms in total. The van der Waals surface area contributed by atoms with E-state index in [1.54, 1.807) is 31.2 Å². The summed E-state index contributed by atoms with van der Waals surface area (Å²) in [5.74, 6) is -0.0361. The molecule has 0 saturated heterocycles. The molecule has 10 heteroatoms. The van der Waals surface area contributed by atoms with Crippen LogP contribution in [0.2, 0.25) is 10.0 Å². The predicted molar refractivity (Wildman–Crippen MR) is 110 cm³/mol. The minimum Gasteiger partial charge on any atom is -0.497 e. The second kappa shape index (κ2) is 10.2. The predicted octanol–water partition coefficient (Wildman–Crippen LogP) is 3.98. The van der Waals surface area contributed by atoms with Crippen LogP contribution in [0.4, 0.5) is 0 Å². The van der Waals surface area contributed by atoms with E-state index >= 15 is 0 Å². The summed E-state index contributed by atoms with van der Waals surface area (Å²) in [7, 11) is -1.32. The molecule has 1 N–H and O–H groups in total. The van der Waals surface area contributed by atoms with Crippen LogP contribution in [0.1, 0.15) is 24.9 Å². The molecule has 0 aliphatic heterocycles. The fraction of sp³-hybridized carbons (Fsp3) is 0.316. The molecule has 0 spiro atoms. The monoisotopic (exact) mass is 461 g/mol. The van der Waals surface area contributed by atoms with E-state index in [0.29, 0.717) is 11.3 Å². The van der Waals surface area contributed by atoms with Crippen molar-refractivity contribution in [1.82, 2.24) is 4.72 Å². The molecule has 0 saturated carbocycles. The molecule has 0 radical (unpaired) electrons. The lowest BCUT2D eigenvalue weighted by Crippen LogP contribution is -2.31. The molecule has 0 amide bonds. The van der Waals surface area contributed by atoms with E-state index in [-0.39, 0.29) is 33.7 Å². The van der Waals surface area contributed by atoms with Crippen LogP contribution in [-0.2, 0) is 19.6 Å². The highest BCUT2D eigenvalue weighted by atomic mass is 35.5. The van der Waals surface area contributed by atoms with Crippen molar-refractivity contribution in [2.45, 2.75) is 24.3 Å². The molecule has 2 aromatic rings. The Morgan fingerprint density at radius 3 is 2.28 bits per heavy atom. The summed E-state index contributed by atoms with van der Waals surface area (Å²) in [5, 5.41) is 0.129. The van der Waals surface area contributed by atoms with Gasteiger partial charge in [0.15, 0.2) is 5.75 Å². The Bertz CT molecular complexity index is 963. The minimum atomic E-state index is -4.12. The van der Waals surface area contributed by atoms with E-state index in [1.807, 2.05) is 0 Å². The molecule has 1 atom stereocenters. The number of rotatable bonds is 9. The van der Waals surface area contributed by atoms with Gasteiger partial charge >= 0.3 is 5.97 Å². The van der Waals surface area contributed by atoms with Crippen molar-refractivity contribution in [2.75, 3.05) is 20.8 Å². The van der Waals surface area contributed by atoms with Gasteiger partial charge in [0.1, 0.15) is 15.7 Å². The second-order valence-corrected chi connectivity index (χ2v) is 8.32. The van der Waals surface area contributed by atoms with Gasteiger partial charge in [0.2, 0.25) is 10.0 Å². The fourth-order valence-electron chi connectivity index (χ4n) is 2.62. The zero-order valence-corrected chi connectivity index (χ0v) is 18.4. The fourth-order valence-corrected chi connectivity index (χ4v) is 4.46. The van der Waals surface area contributed by atoms with Gasteiger partial charge in [-0.2, -0.15) is 0 Å². The van der Waals surface area contributed by atoms with E-state index in [1.165, 1.54) is 26.4 Å². The van der Waals surface area contributed by atoms with Crippen LogP contribution in [-0.4, -0.2) is 35.2 Å². The average molecular weight is 462 g/mol. The highest BCUT2D eigenvalue weighted by Crippen LogP contribution is 2.38. The molecule has 0 aliphatic rings. The van der Waals surface area contributed by atoms with Crippen molar-refractivity contribution < 1.29 is 27.4 Å². The number of hydrogen-bond acceptors (Lipinski definition) is 6. The summed E-state index contributed by atoms with van der Waals surface area (Å²) in [5.41, 5.74) is 0.557. The minimum absolute atomic E-state index is 0.0246. The van der Waals surface area contributed by atoms with Crippen molar-refractivity contribution >= 4 is 39.2 Å². The zero-order valence-electron chi connectivity index (χ0n) is 16.1. The molecule has 2 rings (SSSR count). The first kappa shape index (κ1) is 23.3. The Morgan fingerprint density at radius 2 is 1.72 bits per heavy atom. The first-order valence-electron chi connectivity index (χ1n) is 8.57. The second-order valence-electron chi connectivity index (χ2n) is 5.85. The number of hydrogen-bond donors (Lipinski definition) is 1. The van der Waals surface area contributed by atoms with Gasteiger partial charge in [-0.3, -0.25) is 4.79 Å². The van der Waals surface area contributed by atoms with Crippen molar-refractivity contribution in [3.8, 4) is 11.5 Å². The lowest BCUT2D eigenvalue weighted by atomic mass is 10.0. The van der Waals surface area contributed by atoms with Gasteiger partial charge in [-0.1, -0.05) is 35.3 Å². The first-order valence-corrected chi connectivity index (χ1v) is 10.8. The van der Waals surface area contributed by atoms with Crippen LogP contribution in [0.25, 0.3) is 0 Å². The van der Waals surface area contributed by atoms with Crippen molar-refractivity contribution in [1.29, 1.82) is 0 Å². The molecule has 0 bridgehead atoms. The third-order valence-electron chi connectivity index (χ3n) is 4.00. The maximum atomic E-state index is 13.1. The summed E-state index contributed by atoms with van der Waals surface area (Å²) in [6.45, 7) is 1.85. The maximum Gasteiger partial charge on any atom is 0.307 e. The van der Waals surface area contributed by atoms with Gasteiger partial charge in [0, 0.05) is 0 Å². The quantitative estimate of drug-likeness (QED) is 0.567. The van der Waals surface area contributed by atoms with Crippen molar-refractivity contribution in [2.24, 2.45) is 0 Å². The highest BCUT2D eigenvalue weighted by molar-refractivity contribution is 7.89. The van der Waals surface area contributed by atoms with E-state index in [9.17, 15) is 13.2 Å². The number of nitrogens with one attached hydrogen (secondary N) is 1. The lowest BCUT2D eigenvalue weighted by Gasteiger charge is -2.20. The maximum absolute atomic E-state index is 13.1. The van der Waals surface area contributed by atoms with Gasteiger partial charge in [0.25, 0.3) is 0 Å². The molecule has 0 aromatic heterocycles. The Balaban J connectivity index is 2.43. The Kier molecular flexibility index (Phi) is 8.15. The van der Waals surface area contributed by atoms with E-state index < -0.39 is 22.0 Å². The number of sulfonamides is 1. The molecule has 158 valence electrons. The number of benzene rings is 2. The molecular formula is C19H21Cl2NO6S. The summed E-state index contributed by atoms with van der Waals surface area (Å²) in [4.78, 5) is 11.9. The van der Waals surface area contributed by atoms with Crippen LogP contribution in [0.3, 0.4) is 0 Å². The van der Waals surface area contributed by atoms with E-state index in [2.05, 4.69) is 4.72 Å². The topological polar surface area (TPSA) is 90.9 Å². The largest absolute Gasteiger partial charge is 0.497 e. The number of ether oxygens (including phenoxy) is 3. The first-order chi connectivity index (χ1) is 13.7. The van der Waals surface area contributed by atoms with Gasteiger partial charge in [-0.15, -0.1) is 0 Å². The smallest absolute Gasteiger partial charge is 0.307 e. The van der Waals surface area contributed by atoms with Gasteiger partial charge < -0.3 is 14.2 Å². The number of esters is 1. The lowest BCUT2D eigenvalue weighted by molar-refractivity contribution is -0.143. The van der Waals surface area contributed by atoms with E-state index in [0.717, 1.165) is 0 Å². The zero-order chi connectivity index (χ0) is 21.6. The summed E-state index contributed by atoms with van der Waals surface area (Å²) in [6, 6.07) is 8.42. The summed E-state index contributed by atoms with van der Waals surface area (Å²) in [6.07, 6.45) is -0.205. The van der Waals surface area contributed by atoms with Crippen LogP contribution in [0.15, 0.2) is 41.3 Å². The molecule has 29 heavy (non-hydrogen) atoms. The standard InChI is InChI=1S/C19H21Cl2NO6S/c1-4-28-17(23)11-15(12-5-7-13(26-2)8-6-12)22-29(24,25)16-10-9-14(20)18(21)19(16)27-3/h5-10,15,22H,4,11H2,1-3H3/t15-/m1/s1. The van der Waals surface area contributed by atoms with Gasteiger partial charge in [-0.25, -0.2) is 13.1 Å². The Morgan fingerprint density at radius 1 is 1.07 bits per heavy atom.